The number of halogens is 4. The Morgan fingerprint density at radius 1 is 1.12 bits per heavy atom. The molecule has 2 N–H and O–H groups in total. The molecular weight excluding hydrogens is 432 g/mol. The molecule has 0 atom stereocenters. The summed E-state index contributed by atoms with van der Waals surface area (Å²) in [6.45, 7) is 1.91. The van der Waals surface area contributed by atoms with E-state index in [9.17, 15) is 27.2 Å². The number of carbonyl (C=O) groups is 2. The number of nitrogens with one attached hydrogen (secondary N) is 2. The Labute approximate surface area is 180 Å². The average molecular weight is 450 g/mol. The highest BCUT2D eigenvalue weighted by molar-refractivity contribution is 6.05. The molecular formula is C21H18F4N4O3. The van der Waals surface area contributed by atoms with Gasteiger partial charge in [-0.05, 0) is 31.2 Å². The van der Waals surface area contributed by atoms with Crippen molar-refractivity contribution in [3.8, 4) is 11.4 Å². The molecule has 0 bridgehead atoms. The Balaban J connectivity index is 1.85. The summed E-state index contributed by atoms with van der Waals surface area (Å²) < 4.78 is 60.9. The quantitative estimate of drug-likeness (QED) is 0.537. The summed E-state index contributed by atoms with van der Waals surface area (Å²) >= 11 is 0. The lowest BCUT2D eigenvalue weighted by atomic mass is 10.2. The fraction of sp³-hybridized carbons (Fsp3) is 0.190. The maximum absolute atomic E-state index is 14.1. The highest BCUT2D eigenvalue weighted by atomic mass is 19.4. The Morgan fingerprint density at radius 2 is 1.88 bits per heavy atom. The number of carbonyl (C=O) groups excluding carboxylic acids is 2. The number of hydrogen-bond acceptors (Lipinski definition) is 4. The standard InChI is InChI=1S/C21H18F4N4O3/c1-2-26-18(30)12-32-14-7-5-6-13(10-14)28-20(31)15-11-27-29(19(15)21(23,24)25)17-9-4-3-8-16(17)22/h3-11H,2,12H2,1H3,(H,26,30)(H,28,31). The third-order valence-electron chi connectivity index (χ3n) is 4.20. The maximum atomic E-state index is 14.1. The molecule has 0 aliphatic rings. The van der Waals surface area contributed by atoms with Gasteiger partial charge < -0.3 is 15.4 Å². The second kappa shape index (κ2) is 9.50. The molecule has 168 valence electrons. The minimum atomic E-state index is -4.98. The third-order valence-corrected chi connectivity index (χ3v) is 4.20. The Bertz CT molecular complexity index is 1130. The van der Waals surface area contributed by atoms with Gasteiger partial charge in [-0.25, -0.2) is 9.07 Å². The van der Waals surface area contributed by atoms with E-state index < -0.39 is 34.8 Å². The first-order valence-corrected chi connectivity index (χ1v) is 9.41. The molecule has 7 nitrogen and oxygen atoms in total. The van der Waals surface area contributed by atoms with Crippen LogP contribution in [0.25, 0.3) is 5.69 Å². The van der Waals surface area contributed by atoms with E-state index in [1.54, 1.807) is 6.92 Å². The van der Waals surface area contributed by atoms with Gasteiger partial charge in [-0.2, -0.15) is 18.3 Å². The minimum Gasteiger partial charge on any atom is -0.484 e. The van der Waals surface area contributed by atoms with Crippen molar-refractivity contribution in [3.05, 3.63) is 71.8 Å². The number of rotatable bonds is 7. The minimum absolute atomic E-state index is 0.134. The summed E-state index contributed by atoms with van der Waals surface area (Å²) in [6, 6.07) is 10.6. The lowest BCUT2D eigenvalue weighted by Crippen LogP contribution is -2.28. The first-order chi connectivity index (χ1) is 15.2. The van der Waals surface area contributed by atoms with E-state index in [0.29, 0.717) is 11.2 Å². The zero-order chi connectivity index (χ0) is 23.3. The van der Waals surface area contributed by atoms with Gasteiger partial charge in [-0.15, -0.1) is 0 Å². The topological polar surface area (TPSA) is 85.2 Å². The molecule has 1 aromatic heterocycles. The number of likely N-dealkylation sites (N-methyl/N-ethyl adjacent to an activating group) is 1. The van der Waals surface area contributed by atoms with E-state index in [4.69, 9.17) is 4.74 Å². The number of hydrogen-bond donors (Lipinski definition) is 2. The molecule has 0 fully saturated rings. The molecule has 11 heteroatoms. The van der Waals surface area contributed by atoms with Crippen LogP contribution in [0.2, 0.25) is 0 Å². The maximum Gasteiger partial charge on any atom is 0.434 e. The van der Waals surface area contributed by atoms with Crippen LogP contribution in [0.15, 0.2) is 54.7 Å². The predicted octanol–water partition coefficient (Wildman–Crippen LogP) is 3.80. The average Bonchev–Trinajstić information content (AvgIpc) is 3.19. The molecule has 0 saturated heterocycles. The number of benzene rings is 2. The first-order valence-electron chi connectivity index (χ1n) is 9.41. The first kappa shape index (κ1) is 22.8. The van der Waals surface area contributed by atoms with Crippen LogP contribution in [-0.2, 0) is 11.0 Å². The van der Waals surface area contributed by atoms with E-state index in [-0.39, 0.29) is 24.0 Å². The van der Waals surface area contributed by atoms with Crippen molar-refractivity contribution in [1.82, 2.24) is 15.1 Å². The monoisotopic (exact) mass is 450 g/mol. The van der Waals surface area contributed by atoms with Crippen molar-refractivity contribution >= 4 is 17.5 Å². The van der Waals surface area contributed by atoms with Crippen LogP contribution in [0.1, 0.15) is 23.0 Å². The van der Waals surface area contributed by atoms with Crippen LogP contribution >= 0.6 is 0 Å². The normalized spacial score (nSPS) is 11.2. The Morgan fingerprint density at radius 3 is 2.56 bits per heavy atom. The Kier molecular flexibility index (Phi) is 6.76. The number of aromatic nitrogens is 2. The van der Waals surface area contributed by atoms with Gasteiger partial charge in [0.1, 0.15) is 17.3 Å². The number of para-hydroxylation sites is 1. The molecule has 3 aromatic rings. The van der Waals surface area contributed by atoms with E-state index in [1.165, 1.54) is 36.4 Å². The van der Waals surface area contributed by atoms with E-state index >= 15 is 0 Å². The summed E-state index contributed by atoms with van der Waals surface area (Å²) in [5, 5.41) is 8.47. The second-order valence-corrected chi connectivity index (χ2v) is 6.49. The highest BCUT2D eigenvalue weighted by Crippen LogP contribution is 2.34. The number of anilines is 1. The van der Waals surface area contributed by atoms with Gasteiger partial charge in [0.05, 0.1) is 11.8 Å². The Hall–Kier alpha value is -3.89. The van der Waals surface area contributed by atoms with Gasteiger partial charge in [-0.3, -0.25) is 9.59 Å². The number of ether oxygens (including phenoxy) is 1. The number of nitrogens with zero attached hydrogens (tertiary/aromatic N) is 2. The fourth-order valence-corrected chi connectivity index (χ4v) is 2.85. The van der Waals surface area contributed by atoms with Crippen LogP contribution in [0, 0.1) is 5.82 Å². The molecule has 2 aromatic carbocycles. The predicted molar refractivity (Wildman–Crippen MR) is 107 cm³/mol. The molecule has 0 aliphatic heterocycles. The summed E-state index contributed by atoms with van der Waals surface area (Å²) in [7, 11) is 0. The molecule has 0 saturated carbocycles. The zero-order valence-electron chi connectivity index (χ0n) is 16.7. The van der Waals surface area contributed by atoms with Crippen LogP contribution in [0.4, 0.5) is 23.2 Å². The van der Waals surface area contributed by atoms with Crippen molar-refractivity contribution in [2.75, 3.05) is 18.5 Å². The second-order valence-electron chi connectivity index (χ2n) is 6.49. The van der Waals surface area contributed by atoms with Crippen molar-refractivity contribution in [2.45, 2.75) is 13.1 Å². The van der Waals surface area contributed by atoms with Gasteiger partial charge in [0.2, 0.25) is 0 Å². The molecule has 0 spiro atoms. The lowest BCUT2D eigenvalue weighted by molar-refractivity contribution is -0.143. The van der Waals surface area contributed by atoms with Crippen molar-refractivity contribution < 1.29 is 31.9 Å². The molecule has 0 unspecified atom stereocenters. The SMILES string of the molecule is CCNC(=O)COc1cccc(NC(=O)c2cnn(-c3ccccc3F)c2C(F)(F)F)c1. The van der Waals surface area contributed by atoms with E-state index in [0.717, 1.165) is 18.3 Å². The van der Waals surface area contributed by atoms with E-state index in [1.807, 2.05) is 0 Å². The number of alkyl halides is 3. The van der Waals surface area contributed by atoms with Crippen LogP contribution < -0.4 is 15.4 Å². The smallest absolute Gasteiger partial charge is 0.434 e. The molecule has 1 heterocycles. The van der Waals surface area contributed by atoms with Crippen LogP contribution in [0.5, 0.6) is 5.75 Å². The lowest BCUT2D eigenvalue weighted by Gasteiger charge is -2.13. The summed E-state index contributed by atoms with van der Waals surface area (Å²) in [5.41, 5.74) is -2.51. The fourth-order valence-electron chi connectivity index (χ4n) is 2.85. The summed E-state index contributed by atoms with van der Waals surface area (Å²) in [5.74, 6) is -2.14. The molecule has 0 radical (unpaired) electrons. The molecule has 32 heavy (non-hydrogen) atoms. The van der Waals surface area contributed by atoms with Crippen molar-refractivity contribution in [2.24, 2.45) is 0 Å². The van der Waals surface area contributed by atoms with Crippen molar-refractivity contribution in [3.63, 3.8) is 0 Å². The third kappa shape index (κ3) is 5.23. The summed E-state index contributed by atoms with van der Waals surface area (Å²) in [6.07, 6.45) is -4.26. The van der Waals surface area contributed by atoms with Gasteiger partial charge in [0.15, 0.2) is 12.3 Å². The zero-order valence-corrected chi connectivity index (χ0v) is 16.7. The van der Waals surface area contributed by atoms with Crippen LogP contribution in [-0.4, -0.2) is 34.7 Å². The largest absolute Gasteiger partial charge is 0.484 e. The van der Waals surface area contributed by atoms with Gasteiger partial charge in [0.25, 0.3) is 11.8 Å². The van der Waals surface area contributed by atoms with Crippen molar-refractivity contribution in [1.29, 1.82) is 0 Å². The highest BCUT2D eigenvalue weighted by Gasteiger charge is 2.41. The molecule has 3 rings (SSSR count). The van der Waals surface area contributed by atoms with Gasteiger partial charge >= 0.3 is 6.18 Å². The van der Waals surface area contributed by atoms with Gasteiger partial charge in [-0.1, -0.05) is 18.2 Å². The van der Waals surface area contributed by atoms with Gasteiger partial charge in [0, 0.05) is 18.3 Å². The molecule has 2 amide bonds. The molecule has 0 aliphatic carbocycles. The van der Waals surface area contributed by atoms with Crippen LogP contribution in [0.3, 0.4) is 0 Å². The summed E-state index contributed by atoms with van der Waals surface area (Å²) in [4.78, 5) is 24.1. The van der Waals surface area contributed by atoms with E-state index in [2.05, 4.69) is 15.7 Å². The number of amides is 2.